The molecule has 0 atom stereocenters. The molecule has 3 aliphatic rings. The summed E-state index contributed by atoms with van der Waals surface area (Å²) in [6, 6.07) is 10.9. The van der Waals surface area contributed by atoms with Crippen LogP contribution in [0.3, 0.4) is 0 Å². The fourth-order valence-electron chi connectivity index (χ4n) is 7.81. The Kier molecular flexibility index (Phi) is 11.2. The second-order valence-corrected chi connectivity index (χ2v) is 14.8. The first kappa shape index (κ1) is 34.9. The monoisotopic (exact) mass is 671 g/mol. The Hall–Kier alpha value is -3.92. The molecule has 2 aliphatic carbocycles. The maximum atomic E-state index is 14.4. The van der Waals surface area contributed by atoms with Crippen LogP contribution in [0.1, 0.15) is 88.3 Å². The molecule has 3 heterocycles. The zero-order valence-electron chi connectivity index (χ0n) is 29.6. The standard InChI is InChI=1S/C39H53N5O5/c1-26(2)44-23-35(19-41-44)34-15-16-40-37(18-34)43(22-28-5-9-31(10-6-28)33-13-14-36(48-4)27(3)17-33)38(46)32-11-7-29(8-12-32)25-49-39(47)42-20-30(21-42)24-45/h13-19,23,26,28-32,45H,5-12,20-22,24-25H2,1-4H3. The normalized spacial score (nSPS) is 22.9. The molecule has 1 aliphatic heterocycles. The number of anilines is 1. The number of aromatic nitrogens is 3. The smallest absolute Gasteiger partial charge is 0.409 e. The Morgan fingerprint density at radius 1 is 0.959 bits per heavy atom. The van der Waals surface area contributed by atoms with E-state index in [1.165, 1.54) is 11.1 Å². The second-order valence-electron chi connectivity index (χ2n) is 14.8. The number of aliphatic hydroxyl groups is 1. The zero-order chi connectivity index (χ0) is 34.5. The number of nitrogens with zero attached hydrogens (tertiary/aromatic N) is 5. The van der Waals surface area contributed by atoms with Gasteiger partial charge in [0.05, 0.1) is 19.9 Å². The molecule has 1 N–H and O–H groups in total. The van der Waals surface area contributed by atoms with Gasteiger partial charge in [0, 0.05) is 62.1 Å². The number of carbonyl (C=O) groups excluding carboxylic acids is 2. The van der Waals surface area contributed by atoms with Gasteiger partial charge in [0.25, 0.3) is 0 Å². The number of rotatable bonds is 11. The van der Waals surface area contributed by atoms with Crippen molar-refractivity contribution in [2.45, 2.75) is 84.1 Å². The number of likely N-dealkylation sites (tertiary alicyclic amines) is 1. The number of pyridine rings is 1. The zero-order valence-corrected chi connectivity index (χ0v) is 29.6. The molecule has 0 spiro atoms. The molecule has 2 amide bonds. The van der Waals surface area contributed by atoms with Crippen LogP contribution in [0, 0.1) is 30.6 Å². The lowest BCUT2D eigenvalue weighted by atomic mass is 9.78. The predicted octanol–water partition coefficient (Wildman–Crippen LogP) is 7.02. The van der Waals surface area contributed by atoms with E-state index in [9.17, 15) is 14.7 Å². The van der Waals surface area contributed by atoms with Crippen molar-refractivity contribution in [3.05, 3.63) is 60.0 Å². The van der Waals surface area contributed by atoms with Crippen molar-refractivity contribution in [1.29, 1.82) is 0 Å². The van der Waals surface area contributed by atoms with Crippen LogP contribution in [-0.4, -0.2) is 76.7 Å². The highest BCUT2D eigenvalue weighted by atomic mass is 16.6. The molecule has 3 aromatic rings. The summed E-state index contributed by atoms with van der Waals surface area (Å²) in [6.45, 7) is 8.59. The molecule has 264 valence electrons. The average Bonchev–Trinajstić information content (AvgIpc) is 3.61. The van der Waals surface area contributed by atoms with E-state index >= 15 is 0 Å². The van der Waals surface area contributed by atoms with Gasteiger partial charge in [-0.15, -0.1) is 0 Å². The van der Waals surface area contributed by atoms with Crippen LogP contribution in [0.4, 0.5) is 10.6 Å². The molecule has 3 fully saturated rings. The number of hydrogen-bond donors (Lipinski definition) is 1. The van der Waals surface area contributed by atoms with Crippen molar-refractivity contribution >= 4 is 17.8 Å². The minimum atomic E-state index is -0.296. The Morgan fingerprint density at radius 3 is 2.35 bits per heavy atom. The van der Waals surface area contributed by atoms with Crippen molar-refractivity contribution in [3.63, 3.8) is 0 Å². The topological polar surface area (TPSA) is 110 Å². The van der Waals surface area contributed by atoms with Crippen molar-refractivity contribution in [2.24, 2.45) is 23.7 Å². The second kappa shape index (κ2) is 15.7. The number of hydrogen-bond acceptors (Lipinski definition) is 7. The molecular formula is C39H53N5O5. The molecule has 0 radical (unpaired) electrons. The highest BCUT2D eigenvalue weighted by Crippen LogP contribution is 2.39. The predicted molar refractivity (Wildman–Crippen MR) is 190 cm³/mol. The Labute approximate surface area is 290 Å². The van der Waals surface area contributed by atoms with E-state index in [2.05, 4.69) is 50.3 Å². The van der Waals surface area contributed by atoms with Gasteiger partial charge in [-0.2, -0.15) is 5.10 Å². The molecule has 2 saturated carbocycles. The summed E-state index contributed by atoms with van der Waals surface area (Å²) in [6.07, 6.45) is 13.0. The minimum Gasteiger partial charge on any atom is -0.496 e. The van der Waals surface area contributed by atoms with Gasteiger partial charge in [0.1, 0.15) is 11.6 Å². The van der Waals surface area contributed by atoms with Gasteiger partial charge >= 0.3 is 6.09 Å². The molecule has 1 aromatic carbocycles. The summed E-state index contributed by atoms with van der Waals surface area (Å²) < 4.78 is 13.0. The number of aliphatic hydroxyl groups excluding tert-OH is 1. The first-order chi connectivity index (χ1) is 23.7. The Morgan fingerprint density at radius 2 is 1.69 bits per heavy atom. The van der Waals surface area contributed by atoms with Gasteiger partial charge in [-0.3, -0.25) is 14.4 Å². The van der Waals surface area contributed by atoms with Crippen LogP contribution in [0.15, 0.2) is 48.9 Å². The summed E-state index contributed by atoms with van der Waals surface area (Å²) in [5, 5.41) is 13.8. The Bertz CT molecular complexity index is 1570. The number of aryl methyl sites for hydroxylation is 1. The van der Waals surface area contributed by atoms with Crippen LogP contribution in [0.2, 0.25) is 0 Å². The molecule has 10 heteroatoms. The van der Waals surface area contributed by atoms with Gasteiger partial charge in [0.15, 0.2) is 0 Å². The highest BCUT2D eigenvalue weighted by molar-refractivity contribution is 5.94. The third kappa shape index (κ3) is 8.28. The fourth-order valence-corrected chi connectivity index (χ4v) is 7.81. The SMILES string of the molecule is COc1ccc(C2CCC(CN(C(=O)C3CCC(COC(=O)N4CC(CO)C4)CC3)c3cc(-c4cnn(C(C)C)c4)ccn3)CC2)cc1C. The molecule has 49 heavy (non-hydrogen) atoms. The lowest BCUT2D eigenvalue weighted by Gasteiger charge is -2.38. The summed E-state index contributed by atoms with van der Waals surface area (Å²) in [5.74, 6) is 3.05. The number of ether oxygens (including phenoxy) is 2. The third-order valence-electron chi connectivity index (χ3n) is 11.0. The van der Waals surface area contributed by atoms with Crippen LogP contribution in [-0.2, 0) is 9.53 Å². The molecule has 2 aromatic heterocycles. The van der Waals surface area contributed by atoms with Gasteiger partial charge < -0.3 is 19.5 Å². The maximum absolute atomic E-state index is 14.4. The first-order valence-electron chi connectivity index (χ1n) is 18.2. The van der Waals surface area contributed by atoms with E-state index in [0.29, 0.717) is 43.9 Å². The van der Waals surface area contributed by atoms with E-state index in [1.807, 2.05) is 34.1 Å². The van der Waals surface area contributed by atoms with E-state index in [0.717, 1.165) is 68.2 Å². The fraction of sp³-hybridized carbons (Fsp3) is 0.590. The summed E-state index contributed by atoms with van der Waals surface area (Å²) >= 11 is 0. The van der Waals surface area contributed by atoms with Crippen LogP contribution in [0.5, 0.6) is 5.75 Å². The van der Waals surface area contributed by atoms with Gasteiger partial charge in [0.2, 0.25) is 5.91 Å². The van der Waals surface area contributed by atoms with Crippen molar-refractivity contribution in [1.82, 2.24) is 19.7 Å². The first-order valence-corrected chi connectivity index (χ1v) is 18.2. The summed E-state index contributed by atoms with van der Waals surface area (Å²) in [7, 11) is 1.72. The van der Waals surface area contributed by atoms with E-state index in [1.54, 1.807) is 12.0 Å². The van der Waals surface area contributed by atoms with Crippen LogP contribution in [0.25, 0.3) is 11.1 Å². The van der Waals surface area contributed by atoms with Crippen molar-refractivity contribution in [3.8, 4) is 16.9 Å². The number of carbonyl (C=O) groups is 2. The van der Waals surface area contributed by atoms with Gasteiger partial charge in [-0.1, -0.05) is 12.1 Å². The molecule has 0 unspecified atom stereocenters. The van der Waals surface area contributed by atoms with E-state index < -0.39 is 0 Å². The number of benzene rings is 1. The number of amides is 2. The molecular weight excluding hydrogens is 618 g/mol. The lowest BCUT2D eigenvalue weighted by Crippen LogP contribution is -2.51. The molecule has 6 rings (SSSR count). The molecule has 0 bridgehead atoms. The van der Waals surface area contributed by atoms with Gasteiger partial charge in [-0.05, 0) is 125 Å². The quantitative estimate of drug-likeness (QED) is 0.233. The third-order valence-corrected chi connectivity index (χ3v) is 11.0. The summed E-state index contributed by atoms with van der Waals surface area (Å²) in [4.78, 5) is 35.2. The van der Waals surface area contributed by atoms with E-state index in [4.69, 9.17) is 14.5 Å². The molecule has 10 nitrogen and oxygen atoms in total. The average molecular weight is 672 g/mol. The minimum absolute atomic E-state index is 0.0830. The number of methoxy groups -OCH3 is 1. The van der Waals surface area contributed by atoms with Gasteiger partial charge in [-0.25, -0.2) is 9.78 Å². The molecule has 1 saturated heterocycles. The van der Waals surface area contributed by atoms with E-state index in [-0.39, 0.29) is 42.4 Å². The highest BCUT2D eigenvalue weighted by Gasteiger charge is 2.35. The van der Waals surface area contributed by atoms with Crippen LogP contribution >= 0.6 is 0 Å². The van der Waals surface area contributed by atoms with Crippen LogP contribution < -0.4 is 9.64 Å². The largest absolute Gasteiger partial charge is 0.496 e. The Balaban J connectivity index is 1.12. The summed E-state index contributed by atoms with van der Waals surface area (Å²) in [5.41, 5.74) is 4.57. The van der Waals surface area contributed by atoms with Crippen molar-refractivity contribution < 1.29 is 24.2 Å². The van der Waals surface area contributed by atoms with Crippen molar-refractivity contribution in [2.75, 3.05) is 44.9 Å². The lowest BCUT2D eigenvalue weighted by molar-refractivity contribution is -0.124. The maximum Gasteiger partial charge on any atom is 0.409 e.